The van der Waals surface area contributed by atoms with E-state index in [1.807, 2.05) is 30.3 Å². The normalized spacial score (nSPS) is 12.3. The molecule has 0 spiro atoms. The molecule has 2 aromatic rings. The molecule has 0 saturated heterocycles. The molecule has 0 fully saturated rings. The highest BCUT2D eigenvalue weighted by Gasteiger charge is 2.14. The van der Waals surface area contributed by atoms with Gasteiger partial charge in [0.15, 0.2) is 0 Å². The van der Waals surface area contributed by atoms with E-state index in [0.29, 0.717) is 0 Å². The second kappa shape index (κ2) is 7.05. The molecule has 0 aliphatic rings. The summed E-state index contributed by atoms with van der Waals surface area (Å²) < 4.78 is 13.9. The highest BCUT2D eigenvalue weighted by Crippen LogP contribution is 2.21. The van der Waals surface area contributed by atoms with Crippen LogP contribution in [0.3, 0.4) is 0 Å². The number of benzene rings is 2. The zero-order valence-corrected chi connectivity index (χ0v) is 11.3. The molecule has 1 atom stereocenters. The van der Waals surface area contributed by atoms with E-state index in [4.69, 9.17) is 0 Å². The summed E-state index contributed by atoms with van der Waals surface area (Å²) in [6.45, 7) is 3.01. The summed E-state index contributed by atoms with van der Waals surface area (Å²) in [6.07, 6.45) is 1.85. The van der Waals surface area contributed by atoms with Gasteiger partial charge in [0, 0.05) is 11.6 Å². The van der Waals surface area contributed by atoms with E-state index in [1.165, 1.54) is 11.6 Å². The van der Waals surface area contributed by atoms with Crippen LogP contribution in [0.5, 0.6) is 0 Å². The summed E-state index contributed by atoms with van der Waals surface area (Å²) in [5.74, 6) is -0.132. The zero-order chi connectivity index (χ0) is 13.5. The van der Waals surface area contributed by atoms with Gasteiger partial charge in [-0.25, -0.2) is 4.39 Å². The molecule has 0 aliphatic carbocycles. The topological polar surface area (TPSA) is 12.0 Å². The van der Waals surface area contributed by atoms with Crippen LogP contribution in [0.4, 0.5) is 4.39 Å². The van der Waals surface area contributed by atoms with Gasteiger partial charge in [-0.15, -0.1) is 0 Å². The van der Waals surface area contributed by atoms with E-state index in [0.717, 1.165) is 24.9 Å². The fourth-order valence-electron chi connectivity index (χ4n) is 2.22. The van der Waals surface area contributed by atoms with Crippen LogP contribution in [0.1, 0.15) is 30.5 Å². The van der Waals surface area contributed by atoms with Crippen LogP contribution in [0.25, 0.3) is 0 Å². The third-order valence-corrected chi connectivity index (χ3v) is 3.20. The highest BCUT2D eigenvalue weighted by atomic mass is 19.1. The zero-order valence-electron chi connectivity index (χ0n) is 11.3. The van der Waals surface area contributed by atoms with Gasteiger partial charge in [-0.2, -0.15) is 0 Å². The molecular formula is C17H20FN. The molecule has 1 unspecified atom stereocenters. The van der Waals surface area contributed by atoms with Crippen molar-refractivity contribution in [2.45, 2.75) is 25.8 Å². The maximum absolute atomic E-state index is 13.9. The molecule has 0 heterocycles. The Labute approximate surface area is 114 Å². The molecule has 19 heavy (non-hydrogen) atoms. The molecule has 2 aromatic carbocycles. The molecular weight excluding hydrogens is 237 g/mol. The van der Waals surface area contributed by atoms with Crippen molar-refractivity contribution in [1.82, 2.24) is 5.32 Å². The third-order valence-electron chi connectivity index (χ3n) is 3.20. The lowest BCUT2D eigenvalue weighted by Crippen LogP contribution is -2.25. The Bertz CT molecular complexity index is 496. The SMILES string of the molecule is CCCNC(Cc1ccccc1)c1ccccc1F. The number of rotatable bonds is 6. The maximum Gasteiger partial charge on any atom is 0.127 e. The fourth-order valence-corrected chi connectivity index (χ4v) is 2.22. The van der Waals surface area contributed by atoms with Crippen molar-refractivity contribution in [3.63, 3.8) is 0 Å². The molecule has 0 amide bonds. The molecule has 0 aliphatic heterocycles. The van der Waals surface area contributed by atoms with Crippen LogP contribution in [0.2, 0.25) is 0 Å². The molecule has 0 bridgehead atoms. The Balaban J connectivity index is 2.19. The molecule has 2 rings (SSSR count). The van der Waals surface area contributed by atoms with Gasteiger partial charge in [0.25, 0.3) is 0 Å². The van der Waals surface area contributed by atoms with Gasteiger partial charge in [0.2, 0.25) is 0 Å². The average Bonchev–Trinajstić information content (AvgIpc) is 2.45. The first-order chi connectivity index (χ1) is 9.31. The van der Waals surface area contributed by atoms with E-state index in [-0.39, 0.29) is 11.9 Å². The van der Waals surface area contributed by atoms with Crippen molar-refractivity contribution in [2.24, 2.45) is 0 Å². The lowest BCUT2D eigenvalue weighted by molar-refractivity contribution is 0.497. The van der Waals surface area contributed by atoms with E-state index in [9.17, 15) is 4.39 Å². The van der Waals surface area contributed by atoms with Crippen LogP contribution in [-0.4, -0.2) is 6.54 Å². The Morgan fingerprint density at radius 1 is 1.00 bits per heavy atom. The first-order valence-corrected chi connectivity index (χ1v) is 6.83. The predicted octanol–water partition coefficient (Wildman–Crippen LogP) is 4.11. The first kappa shape index (κ1) is 13.8. The molecule has 100 valence electrons. The first-order valence-electron chi connectivity index (χ1n) is 6.83. The maximum atomic E-state index is 13.9. The summed E-state index contributed by atoms with van der Waals surface area (Å²) >= 11 is 0. The van der Waals surface area contributed by atoms with Crippen LogP contribution in [-0.2, 0) is 6.42 Å². The lowest BCUT2D eigenvalue weighted by Gasteiger charge is -2.19. The van der Waals surface area contributed by atoms with Gasteiger partial charge >= 0.3 is 0 Å². The van der Waals surface area contributed by atoms with Gasteiger partial charge in [0.1, 0.15) is 5.82 Å². The minimum absolute atomic E-state index is 0.0311. The van der Waals surface area contributed by atoms with Crippen LogP contribution in [0, 0.1) is 5.82 Å². The van der Waals surface area contributed by atoms with Crippen molar-refractivity contribution >= 4 is 0 Å². The molecule has 0 aromatic heterocycles. The minimum atomic E-state index is -0.132. The van der Waals surface area contributed by atoms with E-state index in [1.54, 1.807) is 6.07 Å². The van der Waals surface area contributed by atoms with Crippen LogP contribution >= 0.6 is 0 Å². The van der Waals surface area contributed by atoms with Crippen molar-refractivity contribution in [3.05, 3.63) is 71.5 Å². The van der Waals surface area contributed by atoms with Crippen molar-refractivity contribution in [1.29, 1.82) is 0 Å². The Hall–Kier alpha value is -1.67. The van der Waals surface area contributed by atoms with Crippen molar-refractivity contribution < 1.29 is 4.39 Å². The monoisotopic (exact) mass is 257 g/mol. The quantitative estimate of drug-likeness (QED) is 0.821. The molecule has 0 radical (unpaired) electrons. The average molecular weight is 257 g/mol. The van der Waals surface area contributed by atoms with E-state index < -0.39 is 0 Å². The molecule has 0 saturated carbocycles. The van der Waals surface area contributed by atoms with Gasteiger partial charge in [-0.3, -0.25) is 0 Å². The Kier molecular flexibility index (Phi) is 5.10. The van der Waals surface area contributed by atoms with Gasteiger partial charge < -0.3 is 5.32 Å². The summed E-state index contributed by atoms with van der Waals surface area (Å²) in [6, 6.07) is 17.3. The molecule has 2 heteroatoms. The second-order valence-corrected chi connectivity index (χ2v) is 4.72. The summed E-state index contributed by atoms with van der Waals surface area (Å²) in [5, 5.41) is 3.44. The summed E-state index contributed by atoms with van der Waals surface area (Å²) in [4.78, 5) is 0. The fraction of sp³-hybridized carbons (Fsp3) is 0.294. The Morgan fingerprint density at radius 2 is 1.68 bits per heavy atom. The van der Waals surface area contributed by atoms with Crippen molar-refractivity contribution in [3.8, 4) is 0 Å². The predicted molar refractivity (Wildman–Crippen MR) is 77.6 cm³/mol. The van der Waals surface area contributed by atoms with Crippen LogP contribution in [0.15, 0.2) is 54.6 Å². The molecule has 1 nitrogen and oxygen atoms in total. The highest BCUT2D eigenvalue weighted by molar-refractivity contribution is 5.25. The van der Waals surface area contributed by atoms with E-state index >= 15 is 0 Å². The number of hydrogen-bond acceptors (Lipinski definition) is 1. The summed E-state index contributed by atoms with van der Waals surface area (Å²) in [7, 11) is 0. The van der Waals surface area contributed by atoms with Gasteiger partial charge in [-0.05, 0) is 31.0 Å². The standard InChI is InChI=1S/C17H20FN/c1-2-12-19-17(13-14-8-4-3-5-9-14)15-10-6-7-11-16(15)18/h3-11,17,19H,2,12-13H2,1H3. The third kappa shape index (κ3) is 3.90. The largest absolute Gasteiger partial charge is 0.310 e. The number of hydrogen-bond donors (Lipinski definition) is 1. The van der Waals surface area contributed by atoms with Crippen LogP contribution < -0.4 is 5.32 Å². The minimum Gasteiger partial charge on any atom is -0.310 e. The number of nitrogens with one attached hydrogen (secondary N) is 1. The lowest BCUT2D eigenvalue weighted by atomic mass is 9.98. The van der Waals surface area contributed by atoms with Gasteiger partial charge in [-0.1, -0.05) is 55.5 Å². The van der Waals surface area contributed by atoms with Crippen molar-refractivity contribution in [2.75, 3.05) is 6.54 Å². The second-order valence-electron chi connectivity index (χ2n) is 4.72. The van der Waals surface area contributed by atoms with Gasteiger partial charge in [0.05, 0.1) is 0 Å². The molecule has 1 N–H and O–H groups in total. The van der Waals surface area contributed by atoms with E-state index in [2.05, 4.69) is 24.4 Å². The summed E-state index contributed by atoms with van der Waals surface area (Å²) in [5.41, 5.74) is 1.97. The smallest absolute Gasteiger partial charge is 0.127 e. The number of halogens is 1. The Morgan fingerprint density at radius 3 is 2.37 bits per heavy atom.